The molecule has 0 amide bonds. The minimum Gasteiger partial charge on any atom is -0.477 e. The Morgan fingerprint density at radius 1 is 1.13 bits per heavy atom. The highest BCUT2D eigenvalue weighted by Gasteiger charge is 2.15. The number of carboxylic acids is 1. The Bertz CT molecular complexity index is 742. The summed E-state index contributed by atoms with van der Waals surface area (Å²) in [5.41, 5.74) is 2.31. The number of rotatable bonds is 6. The third-order valence-corrected chi connectivity index (χ3v) is 3.99. The van der Waals surface area contributed by atoms with Crippen LogP contribution in [0.15, 0.2) is 41.2 Å². The molecule has 0 aliphatic rings. The van der Waals surface area contributed by atoms with E-state index in [0.717, 1.165) is 24.1 Å². The normalized spacial score (nSPS) is 11.0. The van der Waals surface area contributed by atoms with Crippen LogP contribution in [-0.2, 0) is 13.0 Å². The quantitative estimate of drug-likeness (QED) is 0.882. The molecule has 0 aliphatic carbocycles. The highest BCUT2D eigenvalue weighted by atomic mass is 16.4. The third-order valence-electron chi connectivity index (χ3n) is 3.99. The lowest BCUT2D eigenvalue weighted by Gasteiger charge is -2.15. The summed E-state index contributed by atoms with van der Waals surface area (Å²) in [4.78, 5) is 23.8. The van der Waals surface area contributed by atoms with Gasteiger partial charge in [0.05, 0.1) is 5.69 Å². The van der Waals surface area contributed by atoms with E-state index in [1.807, 2.05) is 24.3 Å². The average molecular weight is 313 g/mol. The van der Waals surface area contributed by atoms with Crippen molar-refractivity contribution in [2.45, 2.75) is 40.2 Å². The van der Waals surface area contributed by atoms with Gasteiger partial charge in [-0.3, -0.25) is 4.79 Å². The molecule has 0 saturated carbocycles. The second kappa shape index (κ2) is 7.27. The van der Waals surface area contributed by atoms with Crippen molar-refractivity contribution in [1.29, 1.82) is 0 Å². The topological polar surface area (TPSA) is 59.3 Å². The van der Waals surface area contributed by atoms with Gasteiger partial charge in [-0.15, -0.1) is 0 Å². The minimum atomic E-state index is -1.18. The summed E-state index contributed by atoms with van der Waals surface area (Å²) in [5.74, 6) is -0.744. The first-order chi connectivity index (χ1) is 10.9. The standard InChI is InChI=1S/C19H23NO3/c1-4-14-5-7-15(8-6-14)17-10-9-16(19(22)23)18(21)20(17)12-11-13(2)3/h5-10,13H,4,11-12H2,1-3H3,(H,22,23). The smallest absolute Gasteiger partial charge is 0.341 e. The number of carbonyl (C=O) groups is 1. The van der Waals surface area contributed by atoms with Gasteiger partial charge in [0, 0.05) is 6.54 Å². The molecule has 1 aromatic carbocycles. The van der Waals surface area contributed by atoms with Gasteiger partial charge >= 0.3 is 5.97 Å². The summed E-state index contributed by atoms with van der Waals surface area (Å²) >= 11 is 0. The van der Waals surface area contributed by atoms with Crippen molar-refractivity contribution in [2.24, 2.45) is 5.92 Å². The van der Waals surface area contributed by atoms with E-state index in [9.17, 15) is 14.7 Å². The third kappa shape index (κ3) is 3.89. The SMILES string of the molecule is CCc1ccc(-c2ccc(C(=O)O)c(=O)n2CCC(C)C)cc1. The molecule has 4 heteroatoms. The molecule has 0 bridgehead atoms. The van der Waals surface area contributed by atoms with Gasteiger partial charge in [0.15, 0.2) is 0 Å². The average Bonchev–Trinajstić information content (AvgIpc) is 2.53. The predicted octanol–water partition coefficient (Wildman–Crippen LogP) is 3.82. The summed E-state index contributed by atoms with van der Waals surface area (Å²) in [7, 11) is 0. The molecule has 1 aromatic heterocycles. The number of aromatic nitrogens is 1. The van der Waals surface area contributed by atoms with E-state index < -0.39 is 11.5 Å². The van der Waals surface area contributed by atoms with Gasteiger partial charge in [-0.1, -0.05) is 45.0 Å². The highest BCUT2D eigenvalue weighted by molar-refractivity contribution is 5.87. The molecule has 0 spiro atoms. The fraction of sp³-hybridized carbons (Fsp3) is 0.368. The number of aromatic carboxylic acids is 1. The predicted molar refractivity (Wildman–Crippen MR) is 91.9 cm³/mol. The Balaban J connectivity index is 2.54. The van der Waals surface area contributed by atoms with Crippen LogP contribution < -0.4 is 5.56 Å². The van der Waals surface area contributed by atoms with E-state index in [0.29, 0.717) is 12.5 Å². The Kier molecular flexibility index (Phi) is 5.37. The van der Waals surface area contributed by atoms with Gasteiger partial charge in [-0.2, -0.15) is 0 Å². The van der Waals surface area contributed by atoms with Crippen LogP contribution in [0, 0.1) is 5.92 Å². The summed E-state index contributed by atoms with van der Waals surface area (Å²) in [6.07, 6.45) is 1.78. The Morgan fingerprint density at radius 3 is 2.30 bits per heavy atom. The minimum absolute atomic E-state index is 0.178. The first-order valence-electron chi connectivity index (χ1n) is 8.00. The molecule has 0 unspecified atom stereocenters. The fourth-order valence-electron chi connectivity index (χ4n) is 2.51. The van der Waals surface area contributed by atoms with Gasteiger partial charge in [0.2, 0.25) is 0 Å². The maximum absolute atomic E-state index is 12.5. The van der Waals surface area contributed by atoms with Crippen molar-refractivity contribution in [3.63, 3.8) is 0 Å². The van der Waals surface area contributed by atoms with Gasteiger partial charge in [0.25, 0.3) is 5.56 Å². The molecule has 23 heavy (non-hydrogen) atoms. The zero-order valence-corrected chi connectivity index (χ0v) is 13.9. The van der Waals surface area contributed by atoms with Crippen molar-refractivity contribution in [1.82, 2.24) is 4.57 Å². The number of hydrogen-bond donors (Lipinski definition) is 1. The van der Waals surface area contributed by atoms with Crippen molar-refractivity contribution < 1.29 is 9.90 Å². The molecule has 1 heterocycles. The molecule has 122 valence electrons. The van der Waals surface area contributed by atoms with Gasteiger partial charge in [-0.25, -0.2) is 4.79 Å². The molecule has 0 aliphatic heterocycles. The van der Waals surface area contributed by atoms with Gasteiger partial charge < -0.3 is 9.67 Å². The molecule has 1 N–H and O–H groups in total. The summed E-state index contributed by atoms with van der Waals surface area (Å²) in [5, 5.41) is 9.18. The molecule has 2 rings (SSSR count). The fourth-order valence-corrected chi connectivity index (χ4v) is 2.51. The van der Waals surface area contributed by atoms with Crippen LogP contribution in [0.5, 0.6) is 0 Å². The number of aryl methyl sites for hydroxylation is 1. The Morgan fingerprint density at radius 2 is 1.78 bits per heavy atom. The number of nitrogens with zero attached hydrogens (tertiary/aromatic N) is 1. The number of carboxylic acid groups (broad SMARTS) is 1. The number of pyridine rings is 1. The molecule has 0 atom stereocenters. The van der Waals surface area contributed by atoms with Crippen LogP contribution >= 0.6 is 0 Å². The molecular weight excluding hydrogens is 290 g/mol. The summed E-state index contributed by atoms with van der Waals surface area (Å²) in [6.45, 7) is 6.78. The Hall–Kier alpha value is -2.36. The number of benzene rings is 1. The lowest BCUT2D eigenvalue weighted by molar-refractivity contribution is 0.0694. The first kappa shape index (κ1) is 17.0. The molecule has 0 fully saturated rings. The van der Waals surface area contributed by atoms with E-state index >= 15 is 0 Å². The maximum Gasteiger partial charge on any atom is 0.341 e. The van der Waals surface area contributed by atoms with Crippen molar-refractivity contribution >= 4 is 5.97 Å². The Labute approximate surface area is 136 Å². The summed E-state index contributed by atoms with van der Waals surface area (Å²) < 4.78 is 1.59. The van der Waals surface area contributed by atoms with E-state index in [1.165, 1.54) is 11.6 Å². The molecule has 0 radical (unpaired) electrons. The second-order valence-corrected chi connectivity index (χ2v) is 6.13. The second-order valence-electron chi connectivity index (χ2n) is 6.13. The molecule has 0 saturated heterocycles. The largest absolute Gasteiger partial charge is 0.477 e. The molecular formula is C19H23NO3. The highest BCUT2D eigenvalue weighted by Crippen LogP contribution is 2.20. The summed E-state index contributed by atoms with van der Waals surface area (Å²) in [6, 6.07) is 11.2. The van der Waals surface area contributed by atoms with E-state index in [4.69, 9.17) is 0 Å². The molecule has 2 aromatic rings. The zero-order chi connectivity index (χ0) is 17.0. The zero-order valence-electron chi connectivity index (χ0n) is 13.9. The van der Waals surface area contributed by atoms with Crippen LogP contribution in [-0.4, -0.2) is 15.6 Å². The lowest BCUT2D eigenvalue weighted by atomic mass is 10.0. The van der Waals surface area contributed by atoms with E-state index in [-0.39, 0.29) is 5.56 Å². The molecule has 4 nitrogen and oxygen atoms in total. The van der Waals surface area contributed by atoms with Crippen LogP contribution in [0.2, 0.25) is 0 Å². The van der Waals surface area contributed by atoms with Crippen LogP contribution in [0.3, 0.4) is 0 Å². The maximum atomic E-state index is 12.5. The van der Waals surface area contributed by atoms with Crippen LogP contribution in [0.1, 0.15) is 43.1 Å². The number of hydrogen-bond acceptors (Lipinski definition) is 2. The van der Waals surface area contributed by atoms with Crippen molar-refractivity contribution in [3.05, 3.63) is 57.9 Å². The van der Waals surface area contributed by atoms with Gasteiger partial charge in [0.1, 0.15) is 5.56 Å². The van der Waals surface area contributed by atoms with Crippen molar-refractivity contribution in [3.8, 4) is 11.3 Å². The first-order valence-corrected chi connectivity index (χ1v) is 8.00. The van der Waals surface area contributed by atoms with E-state index in [1.54, 1.807) is 10.6 Å². The van der Waals surface area contributed by atoms with Crippen LogP contribution in [0.4, 0.5) is 0 Å². The monoisotopic (exact) mass is 313 g/mol. The van der Waals surface area contributed by atoms with E-state index in [2.05, 4.69) is 20.8 Å². The van der Waals surface area contributed by atoms with Crippen molar-refractivity contribution in [2.75, 3.05) is 0 Å². The van der Waals surface area contributed by atoms with Crippen LogP contribution in [0.25, 0.3) is 11.3 Å². The lowest BCUT2D eigenvalue weighted by Crippen LogP contribution is -2.28. The van der Waals surface area contributed by atoms with Gasteiger partial charge in [-0.05, 0) is 42.0 Å².